The average Bonchev–Trinajstić information content (AvgIpc) is 3.21. The van der Waals surface area contributed by atoms with Crippen molar-refractivity contribution in [2.24, 2.45) is 4.99 Å². The van der Waals surface area contributed by atoms with E-state index in [2.05, 4.69) is 36.4 Å². The Balaban J connectivity index is 1.59. The third-order valence-corrected chi connectivity index (χ3v) is 7.68. The lowest BCUT2D eigenvalue weighted by Gasteiger charge is -2.30. The van der Waals surface area contributed by atoms with Crippen molar-refractivity contribution in [1.29, 1.82) is 0 Å². The summed E-state index contributed by atoms with van der Waals surface area (Å²) >= 11 is 1.44. The molecule has 0 radical (unpaired) electrons. The van der Waals surface area contributed by atoms with Crippen LogP contribution in [0.2, 0.25) is 0 Å². The van der Waals surface area contributed by atoms with Crippen LogP contribution < -0.4 is 24.4 Å². The lowest BCUT2D eigenvalue weighted by atomic mass is 9.83. The summed E-state index contributed by atoms with van der Waals surface area (Å²) in [4.78, 5) is 19.6. The molecule has 2 heterocycles. The van der Waals surface area contributed by atoms with Crippen LogP contribution in [0.5, 0.6) is 11.5 Å². The van der Waals surface area contributed by atoms with Crippen molar-refractivity contribution in [1.82, 2.24) is 4.57 Å². The van der Waals surface area contributed by atoms with Gasteiger partial charge in [0.25, 0.3) is 5.56 Å². The average molecular weight is 481 g/mol. The Labute approximate surface area is 206 Å². The first-order valence-corrected chi connectivity index (χ1v) is 12.4. The van der Waals surface area contributed by atoms with Crippen molar-refractivity contribution in [2.45, 2.75) is 18.9 Å². The van der Waals surface area contributed by atoms with Crippen LogP contribution in [0.3, 0.4) is 0 Å². The molecule has 4 aromatic rings. The van der Waals surface area contributed by atoms with Gasteiger partial charge in [-0.25, -0.2) is 4.99 Å². The van der Waals surface area contributed by atoms with Gasteiger partial charge in [0.2, 0.25) is 0 Å². The van der Waals surface area contributed by atoms with Crippen LogP contribution in [0.15, 0.2) is 88.2 Å². The van der Waals surface area contributed by atoms with Crippen molar-refractivity contribution in [3.63, 3.8) is 0 Å². The van der Waals surface area contributed by atoms with E-state index in [1.54, 1.807) is 14.2 Å². The topological polar surface area (TPSA) is 52.8 Å². The second-order valence-corrected chi connectivity index (χ2v) is 9.67. The Morgan fingerprint density at radius 3 is 2.54 bits per heavy atom. The fourth-order valence-corrected chi connectivity index (χ4v) is 5.99. The highest BCUT2D eigenvalue weighted by atomic mass is 32.1. The predicted octanol–water partition coefficient (Wildman–Crippen LogP) is 4.34. The van der Waals surface area contributed by atoms with E-state index in [-0.39, 0.29) is 11.6 Å². The summed E-state index contributed by atoms with van der Waals surface area (Å²) in [6.45, 7) is 0. The van der Waals surface area contributed by atoms with Gasteiger partial charge in [0.15, 0.2) is 4.80 Å². The maximum absolute atomic E-state index is 13.8. The molecular formula is C29H24N2O3S. The fourth-order valence-electron chi connectivity index (χ4n) is 4.99. The number of thiazole rings is 1. The van der Waals surface area contributed by atoms with Crippen LogP contribution in [0.25, 0.3) is 11.8 Å². The van der Waals surface area contributed by atoms with Gasteiger partial charge in [-0.2, -0.15) is 0 Å². The van der Waals surface area contributed by atoms with E-state index in [0.717, 1.165) is 51.5 Å². The monoisotopic (exact) mass is 480 g/mol. The van der Waals surface area contributed by atoms with Crippen LogP contribution in [-0.2, 0) is 6.42 Å². The number of hydrogen-bond donors (Lipinski definition) is 0. The molecule has 2 aliphatic rings. The zero-order valence-corrected chi connectivity index (χ0v) is 20.3. The largest absolute Gasteiger partial charge is 0.497 e. The number of ether oxygens (including phenoxy) is 2. The third-order valence-electron chi connectivity index (χ3n) is 6.70. The molecule has 1 aromatic heterocycles. The molecule has 5 nitrogen and oxygen atoms in total. The minimum atomic E-state index is -0.201. The summed E-state index contributed by atoms with van der Waals surface area (Å²) in [5.41, 5.74) is 6.61. The zero-order valence-electron chi connectivity index (χ0n) is 19.5. The molecule has 1 aliphatic carbocycles. The molecule has 0 amide bonds. The number of nitrogens with zero attached hydrogens (tertiary/aromatic N) is 2. The first-order chi connectivity index (χ1) is 17.2. The Morgan fingerprint density at radius 2 is 1.74 bits per heavy atom. The quantitative estimate of drug-likeness (QED) is 0.437. The van der Waals surface area contributed by atoms with Gasteiger partial charge in [0.05, 0.1) is 30.5 Å². The molecule has 0 saturated carbocycles. The molecule has 6 heteroatoms. The highest BCUT2D eigenvalue weighted by molar-refractivity contribution is 7.07. The highest BCUT2D eigenvalue weighted by Crippen LogP contribution is 2.41. The zero-order chi connectivity index (χ0) is 23.9. The van der Waals surface area contributed by atoms with Gasteiger partial charge in [0.1, 0.15) is 11.5 Å². The van der Waals surface area contributed by atoms with Crippen molar-refractivity contribution in [3.05, 3.63) is 120 Å². The summed E-state index contributed by atoms with van der Waals surface area (Å²) in [7, 11) is 3.31. The molecule has 3 aromatic carbocycles. The fraction of sp³-hybridized carbons (Fsp3) is 0.172. The lowest BCUT2D eigenvalue weighted by Crippen LogP contribution is -2.38. The molecule has 0 bridgehead atoms. The lowest BCUT2D eigenvalue weighted by molar-refractivity contribution is 0.414. The maximum atomic E-state index is 13.8. The van der Waals surface area contributed by atoms with Gasteiger partial charge in [-0.3, -0.25) is 9.36 Å². The van der Waals surface area contributed by atoms with Crippen molar-refractivity contribution in [3.8, 4) is 11.5 Å². The Morgan fingerprint density at radius 1 is 0.943 bits per heavy atom. The van der Waals surface area contributed by atoms with Gasteiger partial charge in [0, 0.05) is 5.56 Å². The molecular weight excluding hydrogens is 456 g/mol. The van der Waals surface area contributed by atoms with Crippen molar-refractivity contribution in [2.75, 3.05) is 14.2 Å². The molecule has 1 aliphatic heterocycles. The number of rotatable bonds is 4. The second kappa shape index (κ2) is 8.71. The number of fused-ring (bicyclic) bond motifs is 3. The second-order valence-electron chi connectivity index (χ2n) is 8.66. The molecule has 0 fully saturated rings. The molecule has 0 saturated heterocycles. The summed E-state index contributed by atoms with van der Waals surface area (Å²) in [6, 6.07) is 24.0. The smallest absolute Gasteiger partial charge is 0.271 e. The summed E-state index contributed by atoms with van der Waals surface area (Å²) in [5.74, 6) is 1.55. The number of benzene rings is 3. The number of aryl methyl sites for hydroxylation is 1. The molecule has 6 rings (SSSR count). The Bertz CT molecular complexity index is 1640. The Hall–Kier alpha value is -3.90. The Kier molecular flexibility index (Phi) is 5.38. The van der Waals surface area contributed by atoms with E-state index < -0.39 is 0 Å². The number of aromatic nitrogens is 1. The number of hydrogen-bond acceptors (Lipinski definition) is 5. The molecule has 35 heavy (non-hydrogen) atoms. The number of methoxy groups -OCH3 is 2. The molecule has 174 valence electrons. The van der Waals surface area contributed by atoms with Gasteiger partial charge in [-0.05, 0) is 65.4 Å². The standard InChI is InChI=1S/C29H24N2O3S/c1-33-21-13-10-20(11-14-21)27-24-15-12-19-7-3-4-9-23(19)26(24)30-29-31(27)28(32)25(35-29)17-18-6-5-8-22(16-18)34-2/h3-11,13-14,16-17,27H,12,15H2,1-2H3/b25-17-/t27-/m1/s1. The van der Waals surface area contributed by atoms with Gasteiger partial charge < -0.3 is 9.47 Å². The van der Waals surface area contributed by atoms with Crippen molar-refractivity contribution < 1.29 is 9.47 Å². The maximum Gasteiger partial charge on any atom is 0.271 e. The van der Waals surface area contributed by atoms with E-state index in [4.69, 9.17) is 14.5 Å². The van der Waals surface area contributed by atoms with E-state index >= 15 is 0 Å². The summed E-state index contributed by atoms with van der Waals surface area (Å²) < 4.78 is 13.3. The first-order valence-electron chi connectivity index (χ1n) is 11.6. The third kappa shape index (κ3) is 3.70. The normalized spacial score (nSPS) is 16.7. The summed E-state index contributed by atoms with van der Waals surface area (Å²) in [6.07, 6.45) is 3.73. The van der Waals surface area contributed by atoms with Crippen molar-refractivity contribution >= 4 is 23.1 Å². The SMILES string of the molecule is COc1ccc([C@@H]2C3=C(N=c4s/c(=C\c5cccc(OC)c5)c(=O)n42)c2ccccc2CC3)cc1. The molecule has 1 atom stereocenters. The van der Waals surface area contributed by atoms with E-state index in [9.17, 15) is 4.79 Å². The molecule has 0 unspecified atom stereocenters. The minimum Gasteiger partial charge on any atom is -0.497 e. The molecule has 0 spiro atoms. The van der Waals surface area contributed by atoms with Crippen LogP contribution in [0.4, 0.5) is 0 Å². The molecule has 0 N–H and O–H groups in total. The summed E-state index contributed by atoms with van der Waals surface area (Å²) in [5, 5.41) is 0. The predicted molar refractivity (Wildman–Crippen MR) is 139 cm³/mol. The first kappa shape index (κ1) is 21.6. The van der Waals surface area contributed by atoms with Crippen LogP contribution >= 0.6 is 11.3 Å². The van der Waals surface area contributed by atoms with E-state index in [0.29, 0.717) is 4.53 Å². The van der Waals surface area contributed by atoms with E-state index in [1.807, 2.05) is 47.0 Å². The number of allylic oxidation sites excluding steroid dienone is 1. The minimum absolute atomic E-state index is 0.0252. The van der Waals surface area contributed by atoms with Crippen LogP contribution in [-0.4, -0.2) is 18.8 Å². The van der Waals surface area contributed by atoms with Crippen LogP contribution in [0.1, 0.15) is 34.7 Å². The van der Waals surface area contributed by atoms with Gasteiger partial charge in [-0.15, -0.1) is 0 Å². The van der Waals surface area contributed by atoms with Crippen LogP contribution in [0, 0.1) is 0 Å². The van der Waals surface area contributed by atoms with Gasteiger partial charge >= 0.3 is 0 Å². The van der Waals surface area contributed by atoms with E-state index in [1.165, 1.54) is 22.5 Å². The highest BCUT2D eigenvalue weighted by Gasteiger charge is 2.32. The van der Waals surface area contributed by atoms with Gasteiger partial charge in [-0.1, -0.05) is 59.9 Å².